The van der Waals surface area contributed by atoms with Crippen LogP contribution in [-0.4, -0.2) is 10.9 Å². The van der Waals surface area contributed by atoms with Crippen molar-refractivity contribution in [3.63, 3.8) is 0 Å². The Hall–Kier alpha value is -0.720. The molecule has 1 rings (SSSR count). The van der Waals surface area contributed by atoms with Gasteiger partial charge in [0.1, 0.15) is 0 Å². The van der Waals surface area contributed by atoms with E-state index < -0.39 is 0 Å². The van der Waals surface area contributed by atoms with Crippen molar-refractivity contribution in [2.75, 3.05) is 5.75 Å². The van der Waals surface area contributed by atoms with Crippen LogP contribution in [0.25, 0.3) is 0 Å². The molecule has 0 saturated carbocycles. The number of aryl methyl sites for hydroxylation is 1. The van der Waals surface area contributed by atoms with Gasteiger partial charge in [0, 0.05) is 17.9 Å². The Kier molecular flexibility index (Phi) is 4.07. The van der Waals surface area contributed by atoms with E-state index in [0.29, 0.717) is 5.75 Å². The van der Waals surface area contributed by atoms with E-state index in [9.17, 15) is 4.79 Å². The number of hydrogen-bond acceptors (Lipinski definition) is 3. The Labute approximate surface area is 86.5 Å². The zero-order valence-electron chi connectivity index (χ0n) is 7.59. The first-order valence-electron chi connectivity index (χ1n) is 3.85. The number of carbonyl (C=O) groups excluding carboxylic acids is 1. The Bertz CT molecular complexity index is 354. The van der Waals surface area contributed by atoms with Crippen molar-refractivity contribution in [1.82, 2.24) is 0 Å². The maximum atomic E-state index is 10.6. The van der Waals surface area contributed by atoms with Gasteiger partial charge in [-0.05, 0) is 17.9 Å². The Morgan fingerprint density at radius 3 is 2.92 bits per heavy atom. The molecule has 0 saturated heterocycles. The highest BCUT2D eigenvalue weighted by molar-refractivity contribution is 8.13. The van der Waals surface area contributed by atoms with Gasteiger partial charge in [-0.15, -0.1) is 0 Å². The standard InChI is InChI=1S/C10H10OS2/c1-8-6-12-7-10(8)4-3-5-13-9(2)11/h6-7H,5H2,1-2H3. The van der Waals surface area contributed by atoms with Crippen molar-refractivity contribution in [2.45, 2.75) is 13.8 Å². The second kappa shape index (κ2) is 5.11. The van der Waals surface area contributed by atoms with Crippen LogP contribution in [0.1, 0.15) is 18.1 Å². The number of rotatable bonds is 1. The molecule has 0 N–H and O–H groups in total. The summed E-state index contributed by atoms with van der Waals surface area (Å²) in [6.45, 7) is 3.60. The molecule has 0 aromatic carbocycles. The van der Waals surface area contributed by atoms with Crippen LogP contribution in [0.3, 0.4) is 0 Å². The average Bonchev–Trinajstić information content (AvgIpc) is 2.45. The molecule has 0 fully saturated rings. The van der Waals surface area contributed by atoms with Crippen molar-refractivity contribution >= 4 is 28.2 Å². The van der Waals surface area contributed by atoms with Crippen molar-refractivity contribution < 1.29 is 4.79 Å². The Morgan fingerprint density at radius 1 is 1.62 bits per heavy atom. The molecule has 0 unspecified atom stereocenters. The van der Waals surface area contributed by atoms with Crippen molar-refractivity contribution in [1.29, 1.82) is 0 Å². The van der Waals surface area contributed by atoms with Crippen molar-refractivity contribution in [2.24, 2.45) is 0 Å². The summed E-state index contributed by atoms with van der Waals surface area (Å²) in [5.41, 5.74) is 2.29. The van der Waals surface area contributed by atoms with E-state index in [2.05, 4.69) is 17.2 Å². The van der Waals surface area contributed by atoms with E-state index in [1.54, 1.807) is 18.3 Å². The summed E-state index contributed by atoms with van der Waals surface area (Å²) in [5.74, 6) is 6.58. The molecular formula is C10H10OS2. The normalized spacial score (nSPS) is 9.08. The first kappa shape index (κ1) is 10.4. The van der Waals surface area contributed by atoms with Gasteiger partial charge in [0.2, 0.25) is 0 Å². The van der Waals surface area contributed by atoms with Crippen LogP contribution in [0.5, 0.6) is 0 Å². The van der Waals surface area contributed by atoms with Gasteiger partial charge in [0.15, 0.2) is 5.12 Å². The van der Waals surface area contributed by atoms with Gasteiger partial charge in [-0.3, -0.25) is 4.79 Å². The van der Waals surface area contributed by atoms with Crippen molar-refractivity contribution in [3.8, 4) is 11.8 Å². The fraction of sp³-hybridized carbons (Fsp3) is 0.300. The minimum atomic E-state index is 0.122. The predicted octanol–water partition coefficient (Wildman–Crippen LogP) is 2.69. The van der Waals surface area contributed by atoms with Gasteiger partial charge in [-0.2, -0.15) is 11.3 Å². The lowest BCUT2D eigenvalue weighted by atomic mass is 10.2. The first-order valence-corrected chi connectivity index (χ1v) is 5.78. The van der Waals surface area contributed by atoms with Crippen LogP contribution in [0.4, 0.5) is 0 Å². The Morgan fingerprint density at radius 2 is 2.38 bits per heavy atom. The molecule has 0 amide bonds. The van der Waals surface area contributed by atoms with Crippen LogP contribution < -0.4 is 0 Å². The highest BCUT2D eigenvalue weighted by atomic mass is 32.2. The van der Waals surface area contributed by atoms with Crippen LogP contribution in [0.2, 0.25) is 0 Å². The third-order valence-electron chi connectivity index (χ3n) is 1.43. The first-order chi connectivity index (χ1) is 6.20. The summed E-state index contributed by atoms with van der Waals surface area (Å²) in [6.07, 6.45) is 0. The highest BCUT2D eigenvalue weighted by Gasteiger charge is 1.93. The van der Waals surface area contributed by atoms with Gasteiger partial charge in [0.25, 0.3) is 0 Å². The van der Waals surface area contributed by atoms with Crippen LogP contribution in [0, 0.1) is 18.8 Å². The maximum absolute atomic E-state index is 10.6. The van der Waals surface area contributed by atoms with Gasteiger partial charge < -0.3 is 0 Å². The second-order valence-corrected chi connectivity index (χ2v) is 4.45. The summed E-state index contributed by atoms with van der Waals surface area (Å²) in [5, 5.41) is 4.22. The predicted molar refractivity (Wildman–Crippen MR) is 59.1 cm³/mol. The molecule has 0 atom stereocenters. The van der Waals surface area contributed by atoms with E-state index in [4.69, 9.17) is 0 Å². The summed E-state index contributed by atoms with van der Waals surface area (Å²) >= 11 is 2.90. The van der Waals surface area contributed by atoms with Gasteiger partial charge in [-0.25, -0.2) is 0 Å². The lowest BCUT2D eigenvalue weighted by Crippen LogP contribution is -1.82. The van der Waals surface area contributed by atoms with E-state index in [0.717, 1.165) is 5.56 Å². The third-order valence-corrected chi connectivity index (χ3v) is 2.98. The van der Waals surface area contributed by atoms with E-state index in [1.165, 1.54) is 17.3 Å². The second-order valence-electron chi connectivity index (χ2n) is 2.55. The largest absolute Gasteiger partial charge is 0.288 e. The highest BCUT2D eigenvalue weighted by Crippen LogP contribution is 2.11. The maximum Gasteiger partial charge on any atom is 0.186 e. The molecule has 1 aromatic heterocycles. The van der Waals surface area contributed by atoms with Gasteiger partial charge in [0.05, 0.1) is 5.75 Å². The molecule has 0 aliphatic heterocycles. The lowest BCUT2D eigenvalue weighted by molar-refractivity contribution is -0.109. The van der Waals surface area contributed by atoms with Gasteiger partial charge >= 0.3 is 0 Å². The van der Waals surface area contributed by atoms with Gasteiger partial charge in [-0.1, -0.05) is 23.6 Å². The fourth-order valence-electron chi connectivity index (χ4n) is 0.758. The molecule has 1 aromatic rings. The molecule has 3 heteroatoms. The SMILES string of the molecule is CC(=O)SCC#Cc1cscc1C. The molecule has 0 radical (unpaired) electrons. The molecule has 13 heavy (non-hydrogen) atoms. The fourth-order valence-corrected chi connectivity index (χ4v) is 1.89. The molecule has 1 heterocycles. The number of thioether (sulfide) groups is 1. The molecule has 0 bridgehead atoms. The number of carbonyl (C=O) groups is 1. The average molecular weight is 210 g/mol. The summed E-state index contributed by atoms with van der Waals surface area (Å²) in [7, 11) is 0. The molecule has 68 valence electrons. The molecule has 1 nitrogen and oxygen atoms in total. The third kappa shape index (κ3) is 3.67. The van der Waals surface area contributed by atoms with E-state index in [-0.39, 0.29) is 5.12 Å². The summed E-state index contributed by atoms with van der Waals surface area (Å²) in [4.78, 5) is 10.6. The zero-order chi connectivity index (χ0) is 9.68. The quantitative estimate of drug-likeness (QED) is 0.663. The Balaban J connectivity index is 2.49. The minimum absolute atomic E-state index is 0.122. The topological polar surface area (TPSA) is 17.1 Å². The monoisotopic (exact) mass is 210 g/mol. The molecule has 0 aliphatic carbocycles. The summed E-state index contributed by atoms with van der Waals surface area (Å²) in [6, 6.07) is 0. The van der Waals surface area contributed by atoms with Crippen LogP contribution in [0.15, 0.2) is 10.8 Å². The van der Waals surface area contributed by atoms with E-state index >= 15 is 0 Å². The van der Waals surface area contributed by atoms with E-state index in [1.807, 2.05) is 12.3 Å². The van der Waals surface area contributed by atoms with Crippen LogP contribution >= 0.6 is 23.1 Å². The smallest absolute Gasteiger partial charge is 0.186 e. The lowest BCUT2D eigenvalue weighted by Gasteiger charge is -1.86. The zero-order valence-corrected chi connectivity index (χ0v) is 9.22. The molecule has 0 aliphatic rings. The van der Waals surface area contributed by atoms with Crippen LogP contribution in [-0.2, 0) is 4.79 Å². The van der Waals surface area contributed by atoms with Crippen molar-refractivity contribution in [3.05, 3.63) is 21.9 Å². The molecule has 0 spiro atoms. The number of hydrogen-bond donors (Lipinski definition) is 0. The minimum Gasteiger partial charge on any atom is -0.288 e. The summed E-state index contributed by atoms with van der Waals surface area (Å²) < 4.78 is 0. The molecular weight excluding hydrogens is 200 g/mol. The number of thiophene rings is 1.